The molecule has 0 saturated heterocycles. The number of hydrogen-bond acceptors (Lipinski definition) is 3. The molecule has 0 unspecified atom stereocenters. The highest BCUT2D eigenvalue weighted by molar-refractivity contribution is 5.94. The smallest absolute Gasteiger partial charge is 0.251 e. The topological polar surface area (TPSA) is 58.6 Å². The Kier molecular flexibility index (Phi) is 4.82. The average molecular weight is 285 g/mol. The molecule has 4 nitrogen and oxygen atoms in total. The predicted octanol–water partition coefficient (Wildman–Crippen LogP) is 3.11. The van der Waals surface area contributed by atoms with Crippen molar-refractivity contribution in [1.82, 2.24) is 5.32 Å². The number of phenolic OH excluding ortho intramolecular Hbond substituents is 1. The number of hydrogen-bond donors (Lipinski definition) is 2. The molecule has 0 atom stereocenters. The Hall–Kier alpha value is -2.49. The van der Waals surface area contributed by atoms with E-state index in [2.05, 4.69) is 5.32 Å². The molecule has 4 heteroatoms. The third-order valence-electron chi connectivity index (χ3n) is 2.90. The highest BCUT2D eigenvalue weighted by atomic mass is 16.5. The van der Waals surface area contributed by atoms with Crippen LogP contribution in [-0.4, -0.2) is 17.1 Å². The Balaban J connectivity index is 2.02. The van der Waals surface area contributed by atoms with Gasteiger partial charge in [0.25, 0.3) is 5.91 Å². The first-order valence-corrected chi connectivity index (χ1v) is 6.88. The van der Waals surface area contributed by atoms with Gasteiger partial charge in [-0.2, -0.15) is 0 Å². The van der Waals surface area contributed by atoms with E-state index in [0.29, 0.717) is 16.9 Å². The van der Waals surface area contributed by atoms with Crippen LogP contribution in [0.5, 0.6) is 11.5 Å². The summed E-state index contributed by atoms with van der Waals surface area (Å²) < 4.78 is 5.57. The van der Waals surface area contributed by atoms with Crippen molar-refractivity contribution in [2.45, 2.75) is 26.5 Å². The summed E-state index contributed by atoms with van der Waals surface area (Å²) in [5, 5.41) is 12.4. The molecule has 21 heavy (non-hydrogen) atoms. The molecule has 0 aliphatic heterocycles. The van der Waals surface area contributed by atoms with Crippen molar-refractivity contribution in [2.75, 3.05) is 0 Å². The first-order chi connectivity index (χ1) is 10.1. The Morgan fingerprint density at radius 3 is 2.67 bits per heavy atom. The van der Waals surface area contributed by atoms with Crippen molar-refractivity contribution in [3.8, 4) is 11.5 Å². The Morgan fingerprint density at radius 2 is 1.95 bits per heavy atom. The number of benzene rings is 2. The van der Waals surface area contributed by atoms with Gasteiger partial charge in [-0.05, 0) is 38.1 Å². The maximum Gasteiger partial charge on any atom is 0.251 e. The van der Waals surface area contributed by atoms with Crippen molar-refractivity contribution >= 4 is 5.91 Å². The molecule has 0 aromatic heterocycles. The van der Waals surface area contributed by atoms with Crippen molar-refractivity contribution in [3.05, 3.63) is 59.7 Å². The number of carbonyl (C=O) groups excluding carboxylic acids is 1. The van der Waals surface area contributed by atoms with E-state index in [1.54, 1.807) is 36.4 Å². The van der Waals surface area contributed by atoms with Gasteiger partial charge in [0.15, 0.2) is 0 Å². The maximum absolute atomic E-state index is 12.1. The fourth-order valence-corrected chi connectivity index (χ4v) is 1.92. The highest BCUT2D eigenvalue weighted by Gasteiger charge is 2.08. The largest absolute Gasteiger partial charge is 0.508 e. The van der Waals surface area contributed by atoms with Crippen molar-refractivity contribution < 1.29 is 14.6 Å². The fourth-order valence-electron chi connectivity index (χ4n) is 1.92. The van der Waals surface area contributed by atoms with Gasteiger partial charge in [0.1, 0.15) is 11.5 Å². The Bertz CT molecular complexity index is 623. The third kappa shape index (κ3) is 4.24. The van der Waals surface area contributed by atoms with Crippen LogP contribution in [0.1, 0.15) is 29.8 Å². The summed E-state index contributed by atoms with van der Waals surface area (Å²) in [6.07, 6.45) is 0.0598. The first-order valence-electron chi connectivity index (χ1n) is 6.88. The SMILES string of the molecule is CC(C)Oc1cccc(C(=O)NCc2ccccc2O)c1. The lowest BCUT2D eigenvalue weighted by Crippen LogP contribution is -2.22. The van der Waals surface area contributed by atoms with E-state index in [1.165, 1.54) is 0 Å². The number of carbonyl (C=O) groups is 1. The monoisotopic (exact) mass is 285 g/mol. The quantitative estimate of drug-likeness (QED) is 0.887. The second-order valence-corrected chi connectivity index (χ2v) is 5.01. The van der Waals surface area contributed by atoms with Crippen LogP contribution in [-0.2, 0) is 6.54 Å². The van der Waals surface area contributed by atoms with Crippen LogP contribution >= 0.6 is 0 Å². The lowest BCUT2D eigenvalue weighted by molar-refractivity contribution is 0.0950. The summed E-state index contributed by atoms with van der Waals surface area (Å²) in [6.45, 7) is 4.15. The van der Waals surface area contributed by atoms with Crippen LogP contribution in [0.4, 0.5) is 0 Å². The Labute approximate surface area is 124 Å². The van der Waals surface area contributed by atoms with E-state index in [1.807, 2.05) is 26.0 Å². The van der Waals surface area contributed by atoms with Gasteiger partial charge in [-0.3, -0.25) is 4.79 Å². The van der Waals surface area contributed by atoms with Gasteiger partial charge in [0.2, 0.25) is 0 Å². The minimum Gasteiger partial charge on any atom is -0.508 e. The average Bonchev–Trinajstić information content (AvgIpc) is 2.45. The van der Waals surface area contributed by atoms with E-state index in [-0.39, 0.29) is 24.3 Å². The molecule has 2 aromatic rings. The van der Waals surface area contributed by atoms with Crippen molar-refractivity contribution in [1.29, 1.82) is 0 Å². The van der Waals surface area contributed by atoms with E-state index in [4.69, 9.17) is 4.74 Å². The molecule has 0 saturated carbocycles. The molecule has 0 aliphatic rings. The summed E-state index contributed by atoms with van der Waals surface area (Å²) in [7, 11) is 0. The number of nitrogens with one attached hydrogen (secondary N) is 1. The molecule has 1 amide bonds. The van der Waals surface area contributed by atoms with E-state index < -0.39 is 0 Å². The second kappa shape index (κ2) is 6.79. The molecular formula is C17H19NO3. The van der Waals surface area contributed by atoms with E-state index >= 15 is 0 Å². The Morgan fingerprint density at radius 1 is 1.19 bits per heavy atom. The summed E-state index contributed by atoms with van der Waals surface area (Å²) in [5.74, 6) is 0.641. The van der Waals surface area contributed by atoms with E-state index in [0.717, 1.165) is 0 Å². The summed E-state index contributed by atoms with van der Waals surface area (Å²) in [4.78, 5) is 12.1. The van der Waals surface area contributed by atoms with Crippen LogP contribution < -0.4 is 10.1 Å². The van der Waals surface area contributed by atoms with Crippen molar-refractivity contribution in [2.24, 2.45) is 0 Å². The predicted molar refractivity (Wildman–Crippen MR) is 81.5 cm³/mol. The molecule has 0 spiro atoms. The lowest BCUT2D eigenvalue weighted by Gasteiger charge is -2.11. The molecule has 2 aromatic carbocycles. The normalized spacial score (nSPS) is 10.4. The van der Waals surface area contributed by atoms with Crippen LogP contribution in [0.3, 0.4) is 0 Å². The molecule has 110 valence electrons. The van der Waals surface area contributed by atoms with Gasteiger partial charge in [0.05, 0.1) is 6.10 Å². The molecule has 2 rings (SSSR count). The molecule has 2 N–H and O–H groups in total. The molecule has 0 fully saturated rings. The lowest BCUT2D eigenvalue weighted by atomic mass is 10.1. The minimum absolute atomic E-state index is 0.0598. The zero-order chi connectivity index (χ0) is 15.2. The zero-order valence-electron chi connectivity index (χ0n) is 12.2. The maximum atomic E-state index is 12.1. The summed E-state index contributed by atoms with van der Waals surface area (Å²) in [5.41, 5.74) is 1.21. The number of ether oxygens (including phenoxy) is 1. The number of phenols is 1. The number of aromatic hydroxyl groups is 1. The van der Waals surface area contributed by atoms with E-state index in [9.17, 15) is 9.90 Å². The molecule has 0 heterocycles. The minimum atomic E-state index is -0.201. The van der Waals surface area contributed by atoms with Crippen molar-refractivity contribution in [3.63, 3.8) is 0 Å². The molecule has 0 bridgehead atoms. The van der Waals surface area contributed by atoms with Gasteiger partial charge in [0, 0.05) is 17.7 Å². The number of para-hydroxylation sites is 1. The summed E-state index contributed by atoms with van der Waals surface area (Å²) >= 11 is 0. The standard InChI is InChI=1S/C17H19NO3/c1-12(2)21-15-8-5-7-13(10-15)17(20)18-11-14-6-3-4-9-16(14)19/h3-10,12,19H,11H2,1-2H3,(H,18,20). The zero-order valence-corrected chi connectivity index (χ0v) is 12.2. The number of rotatable bonds is 5. The van der Waals surface area contributed by atoms with Gasteiger partial charge >= 0.3 is 0 Å². The van der Waals surface area contributed by atoms with Crippen LogP contribution in [0.25, 0.3) is 0 Å². The van der Waals surface area contributed by atoms with Gasteiger partial charge in [-0.1, -0.05) is 24.3 Å². The summed E-state index contributed by atoms with van der Waals surface area (Å²) in [6, 6.07) is 14.0. The molecule has 0 radical (unpaired) electrons. The van der Waals surface area contributed by atoms with Crippen LogP contribution in [0, 0.1) is 0 Å². The second-order valence-electron chi connectivity index (χ2n) is 5.01. The third-order valence-corrected chi connectivity index (χ3v) is 2.90. The molecular weight excluding hydrogens is 266 g/mol. The van der Waals surface area contributed by atoms with Crippen LogP contribution in [0.15, 0.2) is 48.5 Å². The van der Waals surface area contributed by atoms with Gasteiger partial charge in [-0.25, -0.2) is 0 Å². The fraction of sp³-hybridized carbons (Fsp3) is 0.235. The van der Waals surface area contributed by atoms with Crippen LogP contribution in [0.2, 0.25) is 0 Å². The first kappa shape index (κ1) is 14.9. The van der Waals surface area contributed by atoms with Gasteiger partial charge < -0.3 is 15.2 Å². The molecule has 0 aliphatic carbocycles. The van der Waals surface area contributed by atoms with Gasteiger partial charge in [-0.15, -0.1) is 0 Å². The highest BCUT2D eigenvalue weighted by Crippen LogP contribution is 2.17. The number of amides is 1.